The summed E-state index contributed by atoms with van der Waals surface area (Å²) in [6.45, 7) is 1.65. The van der Waals surface area contributed by atoms with Gasteiger partial charge in [-0.25, -0.2) is 17.8 Å². The Bertz CT molecular complexity index is 1360. The lowest BCUT2D eigenvalue weighted by Crippen LogP contribution is -2.26. The molecular weight excluding hydrogens is 435 g/mol. The van der Waals surface area contributed by atoms with Gasteiger partial charge in [0.15, 0.2) is 15.0 Å². The Balaban J connectivity index is 1.83. The molecule has 0 radical (unpaired) electrons. The molecule has 5 nitrogen and oxygen atoms in total. The lowest BCUT2D eigenvalue weighted by Gasteiger charge is -2.21. The molecule has 1 aromatic heterocycles. The van der Waals surface area contributed by atoms with Gasteiger partial charge in [-0.3, -0.25) is 9.69 Å². The molecule has 0 atom stereocenters. The first-order chi connectivity index (χ1) is 14.7. The third-order valence-corrected chi connectivity index (χ3v) is 6.57. The number of benzene rings is 3. The maximum absolute atomic E-state index is 14.4. The van der Waals surface area contributed by atoms with E-state index in [9.17, 15) is 17.6 Å². The molecule has 158 valence electrons. The number of sulfone groups is 1. The van der Waals surface area contributed by atoms with E-state index in [4.69, 9.17) is 0 Å². The Morgan fingerprint density at radius 2 is 1.84 bits per heavy atom. The number of para-hydroxylation sites is 1. The average molecular weight is 455 g/mol. The number of aryl methyl sites for hydroxylation is 1. The molecule has 0 aliphatic rings. The van der Waals surface area contributed by atoms with E-state index in [1.807, 2.05) is 24.3 Å². The minimum Gasteiger partial charge on any atom is -0.268 e. The summed E-state index contributed by atoms with van der Waals surface area (Å²) in [5.74, 6) is -1.02. The highest BCUT2D eigenvalue weighted by atomic mass is 32.2. The fourth-order valence-electron chi connectivity index (χ4n) is 3.22. The van der Waals surface area contributed by atoms with Crippen molar-refractivity contribution in [3.8, 4) is 0 Å². The summed E-state index contributed by atoms with van der Waals surface area (Å²) >= 11 is 1.32. The van der Waals surface area contributed by atoms with E-state index in [1.165, 1.54) is 22.3 Å². The first-order valence-corrected chi connectivity index (χ1v) is 12.3. The molecule has 0 fully saturated rings. The SMILES string of the molecule is Cc1ccc(N(C(=O)c2cccc(CS(C)(=O)=O)c2)c2nc3ccccc3s2)cc1F. The summed E-state index contributed by atoms with van der Waals surface area (Å²) in [5.41, 5.74) is 2.35. The minimum absolute atomic E-state index is 0.172. The molecule has 0 aliphatic heterocycles. The lowest BCUT2D eigenvalue weighted by atomic mass is 10.1. The first kappa shape index (κ1) is 21.1. The zero-order valence-electron chi connectivity index (χ0n) is 16.9. The molecule has 0 bridgehead atoms. The lowest BCUT2D eigenvalue weighted by molar-refractivity contribution is 0.0999. The van der Waals surface area contributed by atoms with Crippen LogP contribution in [0.15, 0.2) is 66.7 Å². The summed E-state index contributed by atoms with van der Waals surface area (Å²) < 4.78 is 38.6. The maximum Gasteiger partial charge on any atom is 0.264 e. The fourth-order valence-corrected chi connectivity index (χ4v) is 4.99. The van der Waals surface area contributed by atoms with Crippen molar-refractivity contribution in [3.05, 3.63) is 89.2 Å². The molecule has 4 rings (SSSR count). The Hall–Kier alpha value is -3.10. The molecule has 0 aliphatic carbocycles. The van der Waals surface area contributed by atoms with Crippen molar-refractivity contribution in [2.45, 2.75) is 12.7 Å². The first-order valence-electron chi connectivity index (χ1n) is 9.44. The van der Waals surface area contributed by atoms with E-state index >= 15 is 0 Å². The predicted octanol–water partition coefficient (Wildman–Crippen LogP) is 5.27. The monoisotopic (exact) mass is 454 g/mol. The summed E-state index contributed by atoms with van der Waals surface area (Å²) in [6.07, 6.45) is 1.14. The van der Waals surface area contributed by atoms with Crippen molar-refractivity contribution >= 4 is 48.1 Å². The Morgan fingerprint density at radius 1 is 1.06 bits per heavy atom. The molecule has 0 saturated carbocycles. The molecule has 3 aromatic carbocycles. The largest absolute Gasteiger partial charge is 0.268 e. The van der Waals surface area contributed by atoms with Crippen LogP contribution in [0.1, 0.15) is 21.5 Å². The number of fused-ring (bicyclic) bond motifs is 1. The number of halogens is 1. The number of rotatable bonds is 5. The molecule has 31 heavy (non-hydrogen) atoms. The molecule has 1 heterocycles. The Kier molecular flexibility index (Phi) is 5.60. The molecule has 0 unspecified atom stereocenters. The number of anilines is 2. The van der Waals surface area contributed by atoms with Crippen LogP contribution in [0.5, 0.6) is 0 Å². The van der Waals surface area contributed by atoms with Gasteiger partial charge < -0.3 is 0 Å². The normalized spacial score (nSPS) is 11.6. The van der Waals surface area contributed by atoms with Gasteiger partial charge in [-0.15, -0.1) is 0 Å². The molecular formula is C23H19FN2O3S2. The number of hydrogen-bond donors (Lipinski definition) is 0. The molecule has 1 amide bonds. The van der Waals surface area contributed by atoms with Gasteiger partial charge in [-0.1, -0.05) is 41.7 Å². The smallest absolute Gasteiger partial charge is 0.264 e. The van der Waals surface area contributed by atoms with Crippen LogP contribution in [0.3, 0.4) is 0 Å². The van der Waals surface area contributed by atoms with Crippen molar-refractivity contribution in [2.24, 2.45) is 0 Å². The zero-order valence-corrected chi connectivity index (χ0v) is 18.5. The van der Waals surface area contributed by atoms with E-state index in [2.05, 4.69) is 4.98 Å². The second-order valence-corrected chi connectivity index (χ2v) is 10.5. The average Bonchev–Trinajstić information content (AvgIpc) is 3.13. The number of thiazole rings is 1. The molecule has 0 N–H and O–H groups in total. The minimum atomic E-state index is -3.26. The number of nitrogens with zero attached hydrogens (tertiary/aromatic N) is 2. The number of carbonyl (C=O) groups excluding carboxylic acids is 1. The summed E-state index contributed by atoms with van der Waals surface area (Å²) in [5, 5.41) is 0.406. The quantitative estimate of drug-likeness (QED) is 0.412. The third kappa shape index (κ3) is 4.65. The number of carbonyl (C=O) groups is 1. The highest BCUT2D eigenvalue weighted by Gasteiger charge is 2.24. The van der Waals surface area contributed by atoms with Crippen LogP contribution in [0, 0.1) is 12.7 Å². The van der Waals surface area contributed by atoms with E-state index in [0.717, 1.165) is 16.5 Å². The second kappa shape index (κ2) is 8.20. The van der Waals surface area contributed by atoms with Crippen LogP contribution >= 0.6 is 11.3 Å². The molecule has 8 heteroatoms. The van der Waals surface area contributed by atoms with Crippen molar-refractivity contribution in [3.63, 3.8) is 0 Å². The highest BCUT2D eigenvalue weighted by Crippen LogP contribution is 2.35. The van der Waals surface area contributed by atoms with Crippen molar-refractivity contribution in [1.82, 2.24) is 4.98 Å². The van der Waals surface area contributed by atoms with Gasteiger partial charge in [0, 0.05) is 11.8 Å². The Morgan fingerprint density at radius 3 is 2.55 bits per heavy atom. The number of amides is 1. The van der Waals surface area contributed by atoms with Crippen LogP contribution in [0.2, 0.25) is 0 Å². The number of hydrogen-bond acceptors (Lipinski definition) is 5. The van der Waals surface area contributed by atoms with Gasteiger partial charge in [0.1, 0.15) is 5.82 Å². The maximum atomic E-state index is 14.4. The highest BCUT2D eigenvalue weighted by molar-refractivity contribution is 7.89. The zero-order chi connectivity index (χ0) is 22.2. The molecule has 0 spiro atoms. The van der Waals surface area contributed by atoms with E-state index < -0.39 is 21.6 Å². The van der Waals surface area contributed by atoms with Crippen molar-refractivity contribution in [2.75, 3.05) is 11.2 Å². The predicted molar refractivity (Wildman–Crippen MR) is 122 cm³/mol. The van der Waals surface area contributed by atoms with E-state index in [0.29, 0.717) is 27.5 Å². The van der Waals surface area contributed by atoms with Crippen molar-refractivity contribution < 1.29 is 17.6 Å². The van der Waals surface area contributed by atoms with E-state index in [1.54, 1.807) is 43.3 Å². The van der Waals surface area contributed by atoms with Gasteiger partial charge in [0.25, 0.3) is 5.91 Å². The van der Waals surface area contributed by atoms with Gasteiger partial charge in [0.2, 0.25) is 0 Å². The van der Waals surface area contributed by atoms with Crippen LogP contribution < -0.4 is 4.90 Å². The van der Waals surface area contributed by atoms with Gasteiger partial charge in [0.05, 0.1) is 21.7 Å². The fraction of sp³-hybridized carbons (Fsp3) is 0.130. The second-order valence-electron chi connectivity index (χ2n) is 7.31. The Labute approximate surface area is 183 Å². The molecule has 4 aromatic rings. The van der Waals surface area contributed by atoms with Crippen LogP contribution in [-0.2, 0) is 15.6 Å². The number of aromatic nitrogens is 1. The van der Waals surface area contributed by atoms with Gasteiger partial charge in [-0.05, 0) is 54.4 Å². The van der Waals surface area contributed by atoms with Crippen LogP contribution in [0.4, 0.5) is 15.2 Å². The van der Waals surface area contributed by atoms with Gasteiger partial charge >= 0.3 is 0 Å². The molecule has 0 saturated heterocycles. The standard InChI is InChI=1S/C23H19FN2O3S2/c1-15-10-11-18(13-19(15)24)26(23-25-20-8-3-4-9-21(20)30-23)22(27)17-7-5-6-16(12-17)14-31(2,28)29/h3-13H,14H2,1-2H3. The summed E-state index contributed by atoms with van der Waals surface area (Å²) in [7, 11) is -3.26. The third-order valence-electron chi connectivity index (χ3n) is 4.69. The summed E-state index contributed by atoms with van der Waals surface area (Å²) in [4.78, 5) is 19.5. The van der Waals surface area contributed by atoms with Crippen LogP contribution in [0.25, 0.3) is 10.2 Å². The van der Waals surface area contributed by atoms with Gasteiger partial charge in [-0.2, -0.15) is 0 Å². The van der Waals surface area contributed by atoms with Crippen molar-refractivity contribution in [1.29, 1.82) is 0 Å². The van der Waals surface area contributed by atoms with Crippen LogP contribution in [-0.4, -0.2) is 25.6 Å². The van der Waals surface area contributed by atoms with E-state index in [-0.39, 0.29) is 5.75 Å². The summed E-state index contributed by atoms with van der Waals surface area (Å²) in [6, 6.07) is 18.5. The topological polar surface area (TPSA) is 67.3 Å².